The minimum atomic E-state index is -0.213. The second-order valence-electron chi connectivity index (χ2n) is 4.40. The molecule has 0 aliphatic rings. The molecule has 2 rings (SSSR count). The van der Waals surface area contributed by atoms with Gasteiger partial charge in [-0.25, -0.2) is 4.39 Å². The fourth-order valence-electron chi connectivity index (χ4n) is 1.88. The van der Waals surface area contributed by atoms with Crippen LogP contribution in [0.2, 0.25) is 0 Å². The number of nitrogens with two attached hydrogens (primary N) is 1. The molecule has 98 valence electrons. The molecule has 0 unspecified atom stereocenters. The van der Waals surface area contributed by atoms with Crippen LogP contribution in [0, 0.1) is 5.82 Å². The Morgan fingerprint density at radius 1 is 1.21 bits per heavy atom. The zero-order valence-electron chi connectivity index (χ0n) is 10.6. The molecule has 0 saturated heterocycles. The molecule has 2 aromatic rings. The summed E-state index contributed by atoms with van der Waals surface area (Å²) >= 11 is 4.91. The van der Waals surface area contributed by atoms with E-state index in [1.165, 1.54) is 6.07 Å². The third kappa shape index (κ3) is 3.51. The molecule has 0 aliphatic carbocycles. The Morgan fingerprint density at radius 3 is 2.47 bits per heavy atom. The molecule has 0 bridgehead atoms. The van der Waals surface area contributed by atoms with Gasteiger partial charge >= 0.3 is 0 Å². The summed E-state index contributed by atoms with van der Waals surface area (Å²) < 4.78 is 13.1. The average molecular weight is 274 g/mol. The maximum atomic E-state index is 13.1. The highest BCUT2D eigenvalue weighted by atomic mass is 32.1. The third-order valence-electron chi connectivity index (χ3n) is 2.90. The molecule has 19 heavy (non-hydrogen) atoms. The van der Waals surface area contributed by atoms with E-state index in [-0.39, 0.29) is 5.82 Å². The summed E-state index contributed by atoms with van der Waals surface area (Å²) in [5.41, 5.74) is 8.36. The minimum absolute atomic E-state index is 0.213. The zero-order valence-corrected chi connectivity index (χ0v) is 11.5. The molecule has 2 aromatic carbocycles. The normalized spacial score (nSPS) is 10.2. The van der Waals surface area contributed by atoms with Crippen LogP contribution in [-0.2, 0) is 6.54 Å². The second kappa shape index (κ2) is 5.80. The van der Waals surface area contributed by atoms with Crippen LogP contribution in [0.5, 0.6) is 0 Å². The summed E-state index contributed by atoms with van der Waals surface area (Å²) in [5.74, 6) is -0.213. The van der Waals surface area contributed by atoms with Gasteiger partial charge in [0, 0.05) is 24.8 Å². The number of halogens is 1. The van der Waals surface area contributed by atoms with Crippen LogP contribution in [0.25, 0.3) is 0 Å². The second-order valence-corrected chi connectivity index (χ2v) is 4.84. The first kappa shape index (κ1) is 13.5. The number of hydrogen-bond acceptors (Lipinski definition) is 2. The lowest BCUT2D eigenvalue weighted by atomic mass is 10.1. The van der Waals surface area contributed by atoms with Crippen LogP contribution in [0.1, 0.15) is 11.1 Å². The van der Waals surface area contributed by atoms with Crippen molar-refractivity contribution in [3.63, 3.8) is 0 Å². The molecule has 2 nitrogen and oxygen atoms in total. The Hall–Kier alpha value is -1.94. The van der Waals surface area contributed by atoms with E-state index in [0.29, 0.717) is 11.5 Å². The number of hydrogen-bond donors (Lipinski definition) is 1. The fraction of sp³-hybridized carbons (Fsp3) is 0.133. The molecule has 0 saturated carbocycles. The summed E-state index contributed by atoms with van der Waals surface area (Å²) in [6.07, 6.45) is 0. The van der Waals surface area contributed by atoms with Crippen molar-refractivity contribution in [2.75, 3.05) is 11.9 Å². The van der Waals surface area contributed by atoms with Crippen molar-refractivity contribution >= 4 is 22.9 Å². The van der Waals surface area contributed by atoms with Gasteiger partial charge in [-0.15, -0.1) is 0 Å². The highest BCUT2D eigenvalue weighted by Gasteiger charge is 2.04. The van der Waals surface area contributed by atoms with Gasteiger partial charge in [-0.2, -0.15) is 0 Å². The average Bonchev–Trinajstić information content (AvgIpc) is 2.39. The molecule has 0 heterocycles. The molecule has 0 spiro atoms. The maximum absolute atomic E-state index is 13.1. The zero-order chi connectivity index (χ0) is 13.8. The summed E-state index contributed by atoms with van der Waals surface area (Å²) in [4.78, 5) is 2.43. The van der Waals surface area contributed by atoms with Crippen LogP contribution >= 0.6 is 12.2 Å². The Balaban J connectivity index is 2.11. The topological polar surface area (TPSA) is 29.3 Å². The van der Waals surface area contributed by atoms with Crippen molar-refractivity contribution in [3.05, 3.63) is 65.5 Å². The lowest BCUT2D eigenvalue weighted by molar-refractivity contribution is 0.625. The Morgan fingerprint density at radius 2 is 1.89 bits per heavy atom. The minimum Gasteiger partial charge on any atom is -0.389 e. The van der Waals surface area contributed by atoms with Gasteiger partial charge in [-0.1, -0.05) is 24.4 Å². The summed E-state index contributed by atoms with van der Waals surface area (Å²) in [6, 6.07) is 14.3. The van der Waals surface area contributed by atoms with E-state index in [9.17, 15) is 4.39 Å². The number of anilines is 1. The molecular formula is C15H15FN2S. The van der Waals surface area contributed by atoms with Crippen molar-refractivity contribution in [1.29, 1.82) is 0 Å². The fourth-order valence-corrected chi connectivity index (χ4v) is 2.02. The van der Waals surface area contributed by atoms with Gasteiger partial charge in [0.15, 0.2) is 0 Å². The molecule has 0 fully saturated rings. The van der Waals surface area contributed by atoms with Crippen molar-refractivity contribution in [2.24, 2.45) is 5.73 Å². The van der Waals surface area contributed by atoms with Crippen LogP contribution < -0.4 is 10.6 Å². The van der Waals surface area contributed by atoms with E-state index < -0.39 is 0 Å². The number of thiocarbonyl (C=S) groups is 1. The molecule has 2 N–H and O–H groups in total. The van der Waals surface area contributed by atoms with Crippen LogP contribution in [0.3, 0.4) is 0 Å². The van der Waals surface area contributed by atoms with Gasteiger partial charge in [0.25, 0.3) is 0 Å². The summed E-state index contributed by atoms with van der Waals surface area (Å²) in [6.45, 7) is 0.643. The molecule has 0 aliphatic heterocycles. The van der Waals surface area contributed by atoms with Gasteiger partial charge in [0.1, 0.15) is 10.8 Å². The smallest absolute Gasteiger partial charge is 0.123 e. The van der Waals surface area contributed by atoms with Gasteiger partial charge in [-0.05, 0) is 42.0 Å². The van der Waals surface area contributed by atoms with E-state index in [1.807, 2.05) is 42.3 Å². The van der Waals surface area contributed by atoms with E-state index in [4.69, 9.17) is 18.0 Å². The van der Waals surface area contributed by atoms with Crippen LogP contribution in [0.4, 0.5) is 10.1 Å². The van der Waals surface area contributed by atoms with Crippen molar-refractivity contribution in [2.45, 2.75) is 6.54 Å². The molecule has 4 heteroatoms. The molecular weight excluding hydrogens is 259 g/mol. The van der Waals surface area contributed by atoms with Gasteiger partial charge in [-0.3, -0.25) is 0 Å². The highest BCUT2D eigenvalue weighted by molar-refractivity contribution is 7.80. The first-order valence-electron chi connectivity index (χ1n) is 5.92. The molecule has 0 amide bonds. The van der Waals surface area contributed by atoms with Crippen LogP contribution in [-0.4, -0.2) is 12.0 Å². The lowest BCUT2D eigenvalue weighted by Gasteiger charge is -2.19. The van der Waals surface area contributed by atoms with Crippen molar-refractivity contribution in [1.82, 2.24) is 0 Å². The SMILES string of the molecule is CN(Cc1cccc(F)c1)c1ccc(C(N)=S)cc1. The van der Waals surface area contributed by atoms with Crippen LogP contribution in [0.15, 0.2) is 48.5 Å². The number of rotatable bonds is 4. The summed E-state index contributed by atoms with van der Waals surface area (Å²) in [5, 5.41) is 0. The Labute approximate surface area is 117 Å². The summed E-state index contributed by atoms with van der Waals surface area (Å²) in [7, 11) is 1.96. The predicted octanol–water partition coefficient (Wildman–Crippen LogP) is 3.10. The van der Waals surface area contributed by atoms with E-state index >= 15 is 0 Å². The first-order chi connectivity index (χ1) is 9.06. The lowest BCUT2D eigenvalue weighted by Crippen LogP contribution is -2.17. The maximum Gasteiger partial charge on any atom is 0.123 e. The van der Waals surface area contributed by atoms with Gasteiger partial charge in [0.2, 0.25) is 0 Å². The van der Waals surface area contributed by atoms with Gasteiger partial charge in [0.05, 0.1) is 0 Å². The predicted molar refractivity (Wildman–Crippen MR) is 80.8 cm³/mol. The first-order valence-corrected chi connectivity index (χ1v) is 6.32. The highest BCUT2D eigenvalue weighted by Crippen LogP contribution is 2.17. The van der Waals surface area contributed by atoms with E-state index in [1.54, 1.807) is 12.1 Å². The van der Waals surface area contributed by atoms with E-state index in [2.05, 4.69) is 0 Å². The Kier molecular flexibility index (Phi) is 4.12. The monoisotopic (exact) mass is 274 g/mol. The van der Waals surface area contributed by atoms with E-state index in [0.717, 1.165) is 16.8 Å². The van der Waals surface area contributed by atoms with Crippen molar-refractivity contribution < 1.29 is 4.39 Å². The van der Waals surface area contributed by atoms with Gasteiger partial charge < -0.3 is 10.6 Å². The molecule has 0 radical (unpaired) electrons. The Bertz CT molecular complexity index is 581. The number of benzene rings is 2. The molecule has 0 aromatic heterocycles. The quantitative estimate of drug-likeness (QED) is 0.869. The standard InChI is InChI=1S/C15H15FN2S/c1-18(10-11-3-2-4-13(16)9-11)14-7-5-12(6-8-14)15(17)19/h2-9H,10H2,1H3,(H2,17,19). The number of nitrogens with zero attached hydrogens (tertiary/aromatic N) is 1. The van der Waals surface area contributed by atoms with Crippen molar-refractivity contribution in [3.8, 4) is 0 Å². The largest absolute Gasteiger partial charge is 0.389 e. The molecule has 0 atom stereocenters. The third-order valence-corrected chi connectivity index (χ3v) is 3.14.